The van der Waals surface area contributed by atoms with E-state index >= 15 is 0 Å². The largest absolute Gasteiger partial charge is 0.313 e. The number of hydrogen-bond acceptors (Lipinski definition) is 2. The van der Waals surface area contributed by atoms with Crippen molar-refractivity contribution in [2.45, 2.75) is 38.6 Å². The first-order chi connectivity index (χ1) is 7.99. The molecule has 0 aliphatic carbocycles. The van der Waals surface area contributed by atoms with E-state index in [1.165, 1.54) is 23.3 Å². The van der Waals surface area contributed by atoms with Crippen LogP contribution in [0.1, 0.15) is 44.4 Å². The van der Waals surface area contributed by atoms with Crippen LogP contribution in [0.4, 0.5) is 0 Å². The van der Waals surface area contributed by atoms with Crippen molar-refractivity contribution in [1.29, 1.82) is 0 Å². The van der Waals surface area contributed by atoms with Gasteiger partial charge in [0.25, 0.3) is 0 Å². The van der Waals surface area contributed by atoms with Gasteiger partial charge in [-0.25, -0.2) is 0 Å². The first kappa shape index (κ1) is 14.6. The summed E-state index contributed by atoms with van der Waals surface area (Å²) >= 11 is 1.91. The summed E-state index contributed by atoms with van der Waals surface area (Å²) in [6, 6.07) is 9.54. The van der Waals surface area contributed by atoms with Crippen molar-refractivity contribution in [3.63, 3.8) is 0 Å². The maximum Gasteiger partial charge on any atom is 0.0325 e. The summed E-state index contributed by atoms with van der Waals surface area (Å²) in [4.78, 5) is 0. The van der Waals surface area contributed by atoms with E-state index in [2.05, 4.69) is 56.6 Å². The second-order valence-corrected chi connectivity index (χ2v) is 6.48. The highest BCUT2D eigenvalue weighted by molar-refractivity contribution is 7.98. The summed E-state index contributed by atoms with van der Waals surface area (Å²) in [6.45, 7) is 6.77. The number of thioether (sulfide) groups is 1. The number of benzene rings is 1. The van der Waals surface area contributed by atoms with Crippen molar-refractivity contribution in [2.24, 2.45) is 0 Å². The summed E-state index contributed by atoms with van der Waals surface area (Å²) < 4.78 is 0. The van der Waals surface area contributed by atoms with E-state index in [9.17, 15) is 0 Å². The van der Waals surface area contributed by atoms with E-state index in [0.717, 1.165) is 0 Å². The SMILES string of the molecule is CNC(CCSC)c1ccc(C(C)(C)C)cc1. The molecular formula is C15H25NS. The Kier molecular flexibility index (Phi) is 5.54. The molecule has 0 aliphatic heterocycles. The lowest BCUT2D eigenvalue weighted by Crippen LogP contribution is -2.17. The molecular weight excluding hydrogens is 226 g/mol. The molecule has 0 bridgehead atoms. The first-order valence-electron chi connectivity index (χ1n) is 6.25. The Hall–Kier alpha value is -0.470. The molecule has 17 heavy (non-hydrogen) atoms. The zero-order valence-corrected chi connectivity index (χ0v) is 12.5. The van der Waals surface area contributed by atoms with Crippen LogP contribution in [0.3, 0.4) is 0 Å². The molecule has 1 N–H and O–H groups in total. The average Bonchev–Trinajstić information content (AvgIpc) is 2.29. The summed E-state index contributed by atoms with van der Waals surface area (Å²) in [5.41, 5.74) is 3.04. The molecule has 0 aromatic heterocycles. The van der Waals surface area contributed by atoms with E-state index in [-0.39, 0.29) is 5.41 Å². The van der Waals surface area contributed by atoms with Crippen molar-refractivity contribution < 1.29 is 0 Å². The zero-order chi connectivity index (χ0) is 12.9. The van der Waals surface area contributed by atoms with Crippen LogP contribution in [-0.2, 0) is 5.41 Å². The molecule has 0 aliphatic rings. The minimum Gasteiger partial charge on any atom is -0.313 e. The fourth-order valence-corrected chi connectivity index (χ4v) is 2.40. The van der Waals surface area contributed by atoms with Crippen molar-refractivity contribution in [2.75, 3.05) is 19.1 Å². The average molecular weight is 251 g/mol. The molecule has 1 nitrogen and oxygen atoms in total. The molecule has 1 rings (SSSR count). The third kappa shape index (κ3) is 4.36. The summed E-state index contributed by atoms with van der Waals surface area (Å²) in [7, 11) is 2.04. The van der Waals surface area contributed by atoms with Crippen LogP contribution in [0.15, 0.2) is 24.3 Å². The summed E-state index contributed by atoms with van der Waals surface area (Å²) in [5, 5.41) is 3.40. The summed E-state index contributed by atoms with van der Waals surface area (Å²) in [6.07, 6.45) is 3.35. The molecule has 1 aromatic rings. The highest BCUT2D eigenvalue weighted by atomic mass is 32.2. The van der Waals surface area contributed by atoms with E-state index in [1.54, 1.807) is 0 Å². The quantitative estimate of drug-likeness (QED) is 0.849. The fourth-order valence-electron chi connectivity index (χ4n) is 1.93. The maximum atomic E-state index is 3.40. The van der Waals surface area contributed by atoms with Crippen LogP contribution >= 0.6 is 11.8 Å². The van der Waals surface area contributed by atoms with Crippen LogP contribution < -0.4 is 5.32 Å². The molecule has 0 radical (unpaired) electrons. The zero-order valence-electron chi connectivity index (χ0n) is 11.7. The van der Waals surface area contributed by atoms with E-state index in [0.29, 0.717) is 6.04 Å². The van der Waals surface area contributed by atoms with Crippen molar-refractivity contribution in [1.82, 2.24) is 5.32 Å². The monoisotopic (exact) mass is 251 g/mol. The predicted octanol–water partition coefficient (Wildman–Crippen LogP) is 4.00. The van der Waals surface area contributed by atoms with Crippen LogP contribution in [-0.4, -0.2) is 19.1 Å². The Balaban J connectivity index is 2.78. The van der Waals surface area contributed by atoms with Gasteiger partial charge >= 0.3 is 0 Å². The first-order valence-corrected chi connectivity index (χ1v) is 7.65. The highest BCUT2D eigenvalue weighted by Gasteiger charge is 2.14. The Morgan fingerprint density at radius 1 is 1.18 bits per heavy atom. The van der Waals surface area contributed by atoms with Crippen molar-refractivity contribution in [3.05, 3.63) is 35.4 Å². The highest BCUT2D eigenvalue weighted by Crippen LogP contribution is 2.25. The van der Waals surface area contributed by atoms with Gasteiger partial charge in [-0.1, -0.05) is 45.0 Å². The molecule has 0 amide bonds. The lowest BCUT2D eigenvalue weighted by atomic mass is 9.86. The molecule has 1 aromatic carbocycles. The van der Waals surface area contributed by atoms with Gasteiger partial charge < -0.3 is 5.32 Å². The van der Waals surface area contributed by atoms with Crippen LogP contribution in [0.25, 0.3) is 0 Å². The molecule has 2 heteroatoms. The van der Waals surface area contributed by atoms with Gasteiger partial charge in [-0.05, 0) is 42.0 Å². The molecule has 0 fully saturated rings. The molecule has 0 saturated carbocycles. The van der Waals surface area contributed by atoms with Gasteiger partial charge in [-0.15, -0.1) is 0 Å². The standard InChI is InChI=1S/C15H25NS/c1-15(2,3)13-8-6-12(7-9-13)14(16-4)10-11-17-5/h6-9,14,16H,10-11H2,1-5H3. The molecule has 96 valence electrons. The molecule has 0 heterocycles. The van der Waals surface area contributed by atoms with Gasteiger partial charge in [0.1, 0.15) is 0 Å². The maximum absolute atomic E-state index is 3.40. The number of hydrogen-bond donors (Lipinski definition) is 1. The number of rotatable bonds is 5. The van der Waals surface area contributed by atoms with Crippen LogP contribution in [0, 0.1) is 0 Å². The van der Waals surface area contributed by atoms with E-state index in [1.807, 2.05) is 18.8 Å². The smallest absolute Gasteiger partial charge is 0.0325 e. The van der Waals surface area contributed by atoms with Crippen molar-refractivity contribution in [3.8, 4) is 0 Å². The fraction of sp³-hybridized carbons (Fsp3) is 0.600. The van der Waals surface area contributed by atoms with Crippen LogP contribution in [0.2, 0.25) is 0 Å². The predicted molar refractivity (Wildman–Crippen MR) is 79.9 cm³/mol. The molecule has 1 atom stereocenters. The lowest BCUT2D eigenvalue weighted by Gasteiger charge is -2.21. The van der Waals surface area contributed by atoms with Gasteiger partial charge in [0.15, 0.2) is 0 Å². The minimum absolute atomic E-state index is 0.243. The third-order valence-electron chi connectivity index (χ3n) is 3.14. The Labute approximate surface area is 110 Å². The topological polar surface area (TPSA) is 12.0 Å². The molecule has 0 spiro atoms. The van der Waals surface area contributed by atoms with Gasteiger partial charge in [-0.2, -0.15) is 11.8 Å². The van der Waals surface area contributed by atoms with Gasteiger partial charge in [0.2, 0.25) is 0 Å². The van der Waals surface area contributed by atoms with Gasteiger partial charge in [0.05, 0.1) is 0 Å². The third-order valence-corrected chi connectivity index (χ3v) is 3.78. The Morgan fingerprint density at radius 2 is 1.76 bits per heavy atom. The normalized spacial score (nSPS) is 13.7. The van der Waals surface area contributed by atoms with E-state index in [4.69, 9.17) is 0 Å². The Bertz CT molecular complexity index is 324. The van der Waals surface area contributed by atoms with E-state index < -0.39 is 0 Å². The van der Waals surface area contributed by atoms with Gasteiger partial charge in [-0.3, -0.25) is 0 Å². The molecule has 0 saturated heterocycles. The minimum atomic E-state index is 0.243. The van der Waals surface area contributed by atoms with Crippen molar-refractivity contribution >= 4 is 11.8 Å². The Morgan fingerprint density at radius 3 is 2.18 bits per heavy atom. The van der Waals surface area contributed by atoms with Crippen LogP contribution in [0.5, 0.6) is 0 Å². The number of nitrogens with one attached hydrogen (secondary N) is 1. The molecule has 1 unspecified atom stereocenters. The summed E-state index contributed by atoms with van der Waals surface area (Å²) in [5.74, 6) is 1.20. The lowest BCUT2D eigenvalue weighted by molar-refractivity contribution is 0.574. The second kappa shape index (κ2) is 6.46. The second-order valence-electron chi connectivity index (χ2n) is 5.49. The van der Waals surface area contributed by atoms with Gasteiger partial charge in [0, 0.05) is 6.04 Å².